The molecule has 0 saturated heterocycles. The van der Waals surface area contributed by atoms with Gasteiger partial charge in [0.25, 0.3) is 0 Å². The SMILES string of the molecule is CCCCOC(=O)N=NC(=O)Oc1ccc(C)cc1.O=C(O)N=NC(=O)O. The van der Waals surface area contributed by atoms with Crippen molar-refractivity contribution in [2.24, 2.45) is 20.5 Å². The van der Waals surface area contributed by atoms with Gasteiger partial charge < -0.3 is 19.7 Å². The van der Waals surface area contributed by atoms with Crippen molar-refractivity contribution in [2.75, 3.05) is 6.61 Å². The third kappa shape index (κ3) is 14.4. The summed E-state index contributed by atoms with van der Waals surface area (Å²) in [5.41, 5.74) is 1.04. The minimum absolute atomic E-state index is 0.265. The third-order valence-corrected chi connectivity index (χ3v) is 2.38. The van der Waals surface area contributed by atoms with Gasteiger partial charge >= 0.3 is 24.4 Å². The van der Waals surface area contributed by atoms with Crippen molar-refractivity contribution in [3.8, 4) is 5.75 Å². The van der Waals surface area contributed by atoms with Crippen LogP contribution in [0.25, 0.3) is 0 Å². The van der Waals surface area contributed by atoms with E-state index < -0.39 is 24.4 Å². The Kier molecular flexibility index (Phi) is 11.7. The van der Waals surface area contributed by atoms with Crippen LogP contribution in [0.1, 0.15) is 25.3 Å². The van der Waals surface area contributed by atoms with Gasteiger partial charge in [-0.3, -0.25) is 0 Å². The summed E-state index contributed by atoms with van der Waals surface area (Å²) in [6.45, 7) is 4.15. The Hall–Kier alpha value is -3.70. The van der Waals surface area contributed by atoms with Gasteiger partial charge in [-0.1, -0.05) is 51.5 Å². The molecule has 0 atom stereocenters. The first-order valence-electron chi connectivity index (χ1n) is 7.49. The van der Waals surface area contributed by atoms with E-state index in [-0.39, 0.29) is 6.61 Å². The van der Waals surface area contributed by atoms with Gasteiger partial charge in [-0.2, -0.15) is 0 Å². The van der Waals surface area contributed by atoms with Gasteiger partial charge in [0, 0.05) is 0 Å². The molecule has 0 aliphatic carbocycles. The topological polar surface area (TPSA) is 177 Å². The first-order chi connectivity index (χ1) is 12.7. The van der Waals surface area contributed by atoms with Crippen LogP contribution in [-0.4, -0.2) is 41.2 Å². The normalized spacial score (nSPS) is 10.1. The molecule has 12 heteroatoms. The van der Waals surface area contributed by atoms with E-state index in [2.05, 4.69) is 20.5 Å². The number of ether oxygens (including phenoxy) is 2. The molecule has 0 bridgehead atoms. The largest absolute Gasteiger partial charge is 0.462 e. The summed E-state index contributed by atoms with van der Waals surface area (Å²) in [6, 6.07) is 6.84. The maximum atomic E-state index is 11.2. The highest BCUT2D eigenvalue weighted by Crippen LogP contribution is 2.12. The van der Waals surface area contributed by atoms with Crippen molar-refractivity contribution in [2.45, 2.75) is 26.7 Å². The number of carbonyl (C=O) groups is 4. The van der Waals surface area contributed by atoms with Gasteiger partial charge in [0.05, 0.1) is 6.61 Å². The van der Waals surface area contributed by atoms with Crippen molar-refractivity contribution in [3.05, 3.63) is 29.8 Å². The molecule has 0 heterocycles. The summed E-state index contributed by atoms with van der Waals surface area (Å²) in [7, 11) is 0. The Morgan fingerprint density at radius 2 is 1.41 bits per heavy atom. The number of hydrogen-bond donors (Lipinski definition) is 2. The Morgan fingerprint density at radius 1 is 0.889 bits per heavy atom. The molecule has 1 aromatic rings. The van der Waals surface area contributed by atoms with Crippen LogP contribution < -0.4 is 4.74 Å². The number of benzene rings is 1. The monoisotopic (exact) mass is 382 g/mol. The molecule has 0 aromatic heterocycles. The highest BCUT2D eigenvalue weighted by Gasteiger charge is 2.05. The molecule has 0 radical (unpaired) electrons. The second-order valence-corrected chi connectivity index (χ2v) is 4.61. The fraction of sp³-hybridized carbons (Fsp3) is 0.333. The second-order valence-electron chi connectivity index (χ2n) is 4.61. The van der Waals surface area contributed by atoms with E-state index in [0.717, 1.165) is 18.4 Å². The van der Waals surface area contributed by atoms with E-state index >= 15 is 0 Å². The van der Waals surface area contributed by atoms with E-state index in [0.29, 0.717) is 5.75 Å². The third-order valence-electron chi connectivity index (χ3n) is 2.38. The van der Waals surface area contributed by atoms with Crippen LogP contribution in [0.15, 0.2) is 44.7 Å². The lowest BCUT2D eigenvalue weighted by Gasteiger charge is -2.00. The van der Waals surface area contributed by atoms with E-state index in [1.165, 1.54) is 0 Å². The number of azo groups is 2. The summed E-state index contributed by atoms with van der Waals surface area (Å²) in [5.74, 6) is 0.342. The average molecular weight is 382 g/mol. The number of carboxylic acid groups (broad SMARTS) is 2. The Balaban J connectivity index is 0.000000713. The van der Waals surface area contributed by atoms with Crippen LogP contribution >= 0.6 is 0 Å². The van der Waals surface area contributed by atoms with Gasteiger partial charge in [0.1, 0.15) is 5.75 Å². The van der Waals surface area contributed by atoms with Crippen LogP contribution in [0.2, 0.25) is 0 Å². The Labute approximate surface area is 153 Å². The molecule has 2 N–H and O–H groups in total. The van der Waals surface area contributed by atoms with Crippen molar-refractivity contribution < 1.29 is 38.9 Å². The minimum atomic E-state index is -1.62. The first-order valence-corrected chi connectivity index (χ1v) is 7.49. The molecule has 12 nitrogen and oxygen atoms in total. The molecular formula is C15H18N4O8. The van der Waals surface area contributed by atoms with E-state index in [1.807, 2.05) is 13.8 Å². The predicted molar refractivity (Wildman–Crippen MR) is 89.2 cm³/mol. The molecular weight excluding hydrogens is 364 g/mol. The van der Waals surface area contributed by atoms with Gasteiger partial charge in [-0.05, 0) is 25.5 Å². The highest BCUT2D eigenvalue weighted by atomic mass is 16.6. The summed E-state index contributed by atoms with van der Waals surface area (Å²) in [6.07, 6.45) is -3.44. The number of carbonyl (C=O) groups excluding carboxylic acids is 2. The smallest absolute Gasteiger partial charge is 0.458 e. The number of nitrogens with zero attached hydrogens (tertiary/aromatic N) is 4. The summed E-state index contributed by atoms with van der Waals surface area (Å²) in [5, 5.41) is 26.0. The maximum absolute atomic E-state index is 11.2. The summed E-state index contributed by atoms with van der Waals surface area (Å²) >= 11 is 0. The van der Waals surface area contributed by atoms with Gasteiger partial charge in [-0.25, -0.2) is 19.2 Å². The average Bonchev–Trinajstić information content (AvgIpc) is 2.61. The van der Waals surface area contributed by atoms with E-state index in [4.69, 9.17) is 19.7 Å². The number of hydrogen-bond acceptors (Lipinski definition) is 6. The van der Waals surface area contributed by atoms with Crippen LogP contribution in [0.5, 0.6) is 5.75 Å². The maximum Gasteiger partial charge on any atom is 0.458 e. The molecule has 1 rings (SSSR count). The number of rotatable bonds is 4. The standard InChI is InChI=1S/C13H16N2O4.C2H2N2O4/c1-3-4-9-18-12(16)14-15-13(17)19-11-7-5-10(2)6-8-11;5-1(6)3-4-2(7)8/h5-8H,3-4,9H2,1-2H3;(H,5,6)(H,7,8). The lowest BCUT2D eigenvalue weighted by atomic mass is 10.2. The molecule has 0 saturated carbocycles. The number of amides is 4. The zero-order valence-corrected chi connectivity index (χ0v) is 14.6. The molecule has 0 aliphatic heterocycles. The molecule has 27 heavy (non-hydrogen) atoms. The molecule has 4 amide bonds. The van der Waals surface area contributed by atoms with Gasteiger partial charge in [-0.15, -0.1) is 0 Å². The number of aryl methyl sites for hydroxylation is 1. The Bertz CT molecular complexity index is 684. The van der Waals surface area contributed by atoms with Crippen molar-refractivity contribution in [3.63, 3.8) is 0 Å². The van der Waals surface area contributed by atoms with Gasteiger partial charge in [0.2, 0.25) is 0 Å². The zero-order valence-electron chi connectivity index (χ0n) is 14.6. The first kappa shape index (κ1) is 23.3. The van der Waals surface area contributed by atoms with E-state index in [1.54, 1.807) is 24.3 Å². The van der Waals surface area contributed by atoms with Crippen molar-refractivity contribution in [1.82, 2.24) is 0 Å². The van der Waals surface area contributed by atoms with E-state index in [9.17, 15) is 19.2 Å². The number of unbranched alkanes of at least 4 members (excludes halogenated alkanes) is 1. The van der Waals surface area contributed by atoms with Crippen molar-refractivity contribution >= 4 is 24.4 Å². The lowest BCUT2D eigenvalue weighted by molar-refractivity contribution is 0.152. The van der Waals surface area contributed by atoms with Crippen LogP contribution in [0.3, 0.4) is 0 Å². The summed E-state index contributed by atoms with van der Waals surface area (Å²) < 4.78 is 9.53. The minimum Gasteiger partial charge on any atom is -0.462 e. The predicted octanol–water partition coefficient (Wildman–Crippen LogP) is 4.68. The summed E-state index contributed by atoms with van der Waals surface area (Å²) in [4.78, 5) is 41.0. The highest BCUT2D eigenvalue weighted by molar-refractivity contribution is 5.74. The molecule has 0 fully saturated rings. The molecule has 0 spiro atoms. The fourth-order valence-corrected chi connectivity index (χ4v) is 1.23. The molecule has 0 unspecified atom stereocenters. The molecule has 1 aromatic carbocycles. The molecule has 0 aliphatic rings. The fourth-order valence-electron chi connectivity index (χ4n) is 1.23. The lowest BCUT2D eigenvalue weighted by Crippen LogP contribution is -2.04. The van der Waals surface area contributed by atoms with Gasteiger partial charge in [0.15, 0.2) is 0 Å². The van der Waals surface area contributed by atoms with Crippen LogP contribution in [0.4, 0.5) is 19.2 Å². The quantitative estimate of drug-likeness (QED) is 0.556. The second kappa shape index (κ2) is 13.6. The van der Waals surface area contributed by atoms with Crippen LogP contribution in [-0.2, 0) is 4.74 Å². The molecule has 146 valence electrons. The van der Waals surface area contributed by atoms with Crippen LogP contribution in [0, 0.1) is 6.92 Å². The Morgan fingerprint density at radius 3 is 1.89 bits per heavy atom. The van der Waals surface area contributed by atoms with Crippen molar-refractivity contribution in [1.29, 1.82) is 0 Å². The zero-order chi connectivity index (χ0) is 20.7.